The van der Waals surface area contributed by atoms with Crippen molar-refractivity contribution in [3.05, 3.63) is 25.0 Å². The van der Waals surface area contributed by atoms with Gasteiger partial charge >= 0.3 is 0 Å². The highest BCUT2D eigenvalue weighted by molar-refractivity contribution is 5.70. The fourth-order valence-corrected chi connectivity index (χ4v) is 0.730. The second-order valence-corrected chi connectivity index (χ2v) is 1.82. The second kappa shape index (κ2) is 4.33. The molecule has 12 heavy (non-hydrogen) atoms. The van der Waals surface area contributed by atoms with Crippen LogP contribution in [0.4, 0.5) is 0 Å². The molecule has 0 atom stereocenters. The third-order valence-corrected chi connectivity index (χ3v) is 1.18. The highest BCUT2D eigenvalue weighted by atomic mass is 14.9. The molecule has 2 aromatic rings. The van der Waals surface area contributed by atoms with Crippen LogP contribution in [0.1, 0.15) is 13.8 Å². The van der Waals surface area contributed by atoms with Crippen LogP contribution in [0.2, 0.25) is 0 Å². The zero-order valence-corrected chi connectivity index (χ0v) is 7.10. The van der Waals surface area contributed by atoms with E-state index in [1.54, 1.807) is 12.4 Å². The molecule has 0 aliphatic heterocycles. The third kappa shape index (κ3) is 1.72. The minimum Gasteiger partial charge on any atom is -0.243 e. The smallest absolute Gasteiger partial charge is 0.116 e. The lowest BCUT2D eigenvalue weighted by Gasteiger charge is -1.89. The molecule has 0 saturated carbocycles. The molecule has 0 radical (unpaired) electrons. The molecule has 2 rings (SSSR count). The summed E-state index contributed by atoms with van der Waals surface area (Å²) in [6.45, 7) is 4.00. The summed E-state index contributed by atoms with van der Waals surface area (Å²) in [7, 11) is 0. The van der Waals surface area contributed by atoms with Crippen LogP contribution in [-0.4, -0.2) is 19.9 Å². The Morgan fingerprint density at radius 2 is 1.25 bits per heavy atom. The van der Waals surface area contributed by atoms with E-state index in [2.05, 4.69) is 19.9 Å². The Morgan fingerprint density at radius 3 is 1.67 bits per heavy atom. The number of aromatic nitrogens is 4. The fraction of sp³-hybridized carbons (Fsp3) is 0.250. The Balaban J connectivity index is 0.000000336. The van der Waals surface area contributed by atoms with Crippen molar-refractivity contribution in [2.45, 2.75) is 13.8 Å². The van der Waals surface area contributed by atoms with Crippen molar-refractivity contribution in [2.24, 2.45) is 0 Å². The Kier molecular flexibility index (Phi) is 3.07. The van der Waals surface area contributed by atoms with Crippen molar-refractivity contribution in [1.82, 2.24) is 19.9 Å². The summed E-state index contributed by atoms with van der Waals surface area (Å²) >= 11 is 0. The van der Waals surface area contributed by atoms with E-state index in [1.165, 1.54) is 12.7 Å². The highest BCUT2D eigenvalue weighted by Gasteiger charge is 1.90. The molecular formula is C8H10N4. The van der Waals surface area contributed by atoms with Crippen LogP contribution in [-0.2, 0) is 0 Å². The van der Waals surface area contributed by atoms with Gasteiger partial charge in [0.25, 0.3) is 0 Å². The van der Waals surface area contributed by atoms with Gasteiger partial charge in [0.05, 0.1) is 12.4 Å². The quantitative estimate of drug-likeness (QED) is 0.588. The molecule has 0 fully saturated rings. The first-order valence-corrected chi connectivity index (χ1v) is 3.82. The van der Waals surface area contributed by atoms with Gasteiger partial charge in [-0.1, -0.05) is 13.8 Å². The largest absolute Gasteiger partial charge is 0.243 e. The average Bonchev–Trinajstić information content (AvgIpc) is 2.21. The topological polar surface area (TPSA) is 51.6 Å². The molecule has 2 aromatic heterocycles. The standard InChI is InChI=1S/C6H4N4.C2H6/c1-5-6(10-3-7-1)2-8-4-9-5;1-2/h1-4H;1-2H3. The summed E-state index contributed by atoms with van der Waals surface area (Å²) in [5.41, 5.74) is 1.55. The number of nitrogens with zero attached hydrogens (tertiary/aromatic N) is 4. The molecule has 0 amide bonds. The predicted molar refractivity (Wildman–Crippen MR) is 46.5 cm³/mol. The third-order valence-electron chi connectivity index (χ3n) is 1.18. The van der Waals surface area contributed by atoms with Crippen LogP contribution in [0.15, 0.2) is 25.0 Å². The summed E-state index contributed by atoms with van der Waals surface area (Å²) in [6.07, 6.45) is 6.27. The SMILES string of the molecule is CC.c1ncc2ncncc2n1. The van der Waals surface area contributed by atoms with E-state index in [0.717, 1.165) is 11.0 Å². The van der Waals surface area contributed by atoms with Crippen molar-refractivity contribution in [3.63, 3.8) is 0 Å². The van der Waals surface area contributed by atoms with Crippen molar-refractivity contribution < 1.29 is 0 Å². The molecule has 0 saturated heterocycles. The molecule has 0 aliphatic carbocycles. The van der Waals surface area contributed by atoms with Crippen LogP contribution in [0.5, 0.6) is 0 Å². The monoisotopic (exact) mass is 162 g/mol. The van der Waals surface area contributed by atoms with Crippen LogP contribution in [0.3, 0.4) is 0 Å². The van der Waals surface area contributed by atoms with Gasteiger partial charge in [-0.05, 0) is 0 Å². The van der Waals surface area contributed by atoms with E-state index in [9.17, 15) is 0 Å². The van der Waals surface area contributed by atoms with Gasteiger partial charge in [-0.3, -0.25) is 0 Å². The minimum absolute atomic E-state index is 0.775. The maximum Gasteiger partial charge on any atom is 0.116 e. The fourth-order valence-electron chi connectivity index (χ4n) is 0.730. The highest BCUT2D eigenvalue weighted by Crippen LogP contribution is 2.00. The number of rotatable bonds is 0. The normalized spacial score (nSPS) is 8.83. The van der Waals surface area contributed by atoms with E-state index in [4.69, 9.17) is 0 Å². The van der Waals surface area contributed by atoms with E-state index >= 15 is 0 Å². The molecule has 0 unspecified atom stereocenters. The maximum atomic E-state index is 3.95. The molecule has 0 spiro atoms. The van der Waals surface area contributed by atoms with Crippen LogP contribution < -0.4 is 0 Å². The lowest BCUT2D eigenvalue weighted by molar-refractivity contribution is 1.15. The number of hydrogen-bond acceptors (Lipinski definition) is 4. The van der Waals surface area contributed by atoms with Gasteiger partial charge in [0.15, 0.2) is 0 Å². The van der Waals surface area contributed by atoms with Crippen LogP contribution >= 0.6 is 0 Å². The Hall–Kier alpha value is -1.58. The molecule has 0 N–H and O–H groups in total. The lowest BCUT2D eigenvalue weighted by Crippen LogP contribution is -1.84. The lowest BCUT2D eigenvalue weighted by atomic mass is 10.4. The zero-order valence-electron chi connectivity index (χ0n) is 7.10. The molecule has 62 valence electrons. The molecule has 0 bridgehead atoms. The number of hydrogen-bond donors (Lipinski definition) is 0. The van der Waals surface area contributed by atoms with E-state index in [0.29, 0.717) is 0 Å². The first kappa shape index (κ1) is 8.52. The molecule has 4 nitrogen and oxygen atoms in total. The van der Waals surface area contributed by atoms with Gasteiger partial charge < -0.3 is 0 Å². The first-order chi connectivity index (χ1) is 5.97. The van der Waals surface area contributed by atoms with Crippen molar-refractivity contribution in [1.29, 1.82) is 0 Å². The van der Waals surface area contributed by atoms with Gasteiger partial charge in [-0.2, -0.15) is 0 Å². The van der Waals surface area contributed by atoms with Crippen molar-refractivity contribution in [2.75, 3.05) is 0 Å². The van der Waals surface area contributed by atoms with Gasteiger partial charge in [0.2, 0.25) is 0 Å². The Morgan fingerprint density at radius 1 is 0.833 bits per heavy atom. The summed E-state index contributed by atoms with van der Waals surface area (Å²) in [5, 5.41) is 0. The van der Waals surface area contributed by atoms with Gasteiger partial charge in [0, 0.05) is 0 Å². The molecule has 4 heteroatoms. The second-order valence-electron chi connectivity index (χ2n) is 1.82. The molecule has 0 aliphatic rings. The van der Waals surface area contributed by atoms with E-state index in [-0.39, 0.29) is 0 Å². The summed E-state index contributed by atoms with van der Waals surface area (Å²) in [5.74, 6) is 0. The molecule has 0 aromatic carbocycles. The summed E-state index contributed by atoms with van der Waals surface area (Å²) in [4.78, 5) is 15.5. The Labute approximate surface area is 70.7 Å². The predicted octanol–water partition coefficient (Wildman–Crippen LogP) is 1.45. The van der Waals surface area contributed by atoms with Gasteiger partial charge in [0.1, 0.15) is 23.7 Å². The Bertz CT molecular complexity index is 282. The van der Waals surface area contributed by atoms with Crippen LogP contribution in [0, 0.1) is 0 Å². The van der Waals surface area contributed by atoms with Crippen molar-refractivity contribution in [3.8, 4) is 0 Å². The van der Waals surface area contributed by atoms with E-state index < -0.39 is 0 Å². The number of fused-ring (bicyclic) bond motifs is 1. The zero-order chi connectivity index (χ0) is 8.81. The molecule has 2 heterocycles. The van der Waals surface area contributed by atoms with Gasteiger partial charge in [-0.15, -0.1) is 0 Å². The van der Waals surface area contributed by atoms with Crippen LogP contribution in [0.25, 0.3) is 11.0 Å². The van der Waals surface area contributed by atoms with E-state index in [1.807, 2.05) is 13.8 Å². The van der Waals surface area contributed by atoms with Gasteiger partial charge in [-0.25, -0.2) is 19.9 Å². The maximum absolute atomic E-state index is 3.95. The van der Waals surface area contributed by atoms with Crippen molar-refractivity contribution >= 4 is 11.0 Å². The minimum atomic E-state index is 0.775. The summed E-state index contributed by atoms with van der Waals surface area (Å²) < 4.78 is 0. The first-order valence-electron chi connectivity index (χ1n) is 3.82. The summed E-state index contributed by atoms with van der Waals surface area (Å²) in [6, 6.07) is 0. The average molecular weight is 162 g/mol. The molecular weight excluding hydrogens is 152 g/mol.